The lowest BCUT2D eigenvalue weighted by Gasteiger charge is -2.41. The second kappa shape index (κ2) is 9.00. The van der Waals surface area contributed by atoms with Crippen molar-refractivity contribution in [1.29, 1.82) is 5.26 Å². The van der Waals surface area contributed by atoms with E-state index in [1.165, 1.54) is 0 Å². The monoisotopic (exact) mass is 399 g/mol. The molecule has 2 heterocycles. The van der Waals surface area contributed by atoms with E-state index in [0.29, 0.717) is 12.2 Å². The first-order chi connectivity index (χ1) is 13.9. The summed E-state index contributed by atoms with van der Waals surface area (Å²) in [6.07, 6.45) is 7.81. The summed E-state index contributed by atoms with van der Waals surface area (Å²) in [4.78, 5) is 29.2. The lowest BCUT2D eigenvalue weighted by atomic mass is 9.81. The molecule has 1 aliphatic heterocycles. The Hall–Kier alpha value is -2.33. The summed E-state index contributed by atoms with van der Waals surface area (Å²) in [5, 5.41) is 12.5. The average molecular weight is 400 g/mol. The number of nitriles is 1. The lowest BCUT2D eigenvalue weighted by molar-refractivity contribution is -0.137. The van der Waals surface area contributed by atoms with Crippen molar-refractivity contribution in [2.45, 2.75) is 62.9 Å². The van der Waals surface area contributed by atoms with Crippen LogP contribution in [0.5, 0.6) is 0 Å². The molecule has 1 N–H and O–H groups in total. The quantitative estimate of drug-likeness (QED) is 0.825. The molecule has 1 aromatic rings. The van der Waals surface area contributed by atoms with Gasteiger partial charge in [0.2, 0.25) is 5.91 Å². The van der Waals surface area contributed by atoms with E-state index < -0.39 is 5.54 Å². The van der Waals surface area contributed by atoms with Gasteiger partial charge in [0.05, 0.1) is 18.7 Å². The van der Waals surface area contributed by atoms with Crippen molar-refractivity contribution < 1.29 is 9.59 Å². The molecule has 0 spiro atoms. The van der Waals surface area contributed by atoms with Crippen molar-refractivity contribution in [3.63, 3.8) is 0 Å². The minimum Gasteiger partial charge on any atom is -0.354 e. The van der Waals surface area contributed by atoms with Gasteiger partial charge in [-0.15, -0.1) is 0 Å². The topological polar surface area (TPSA) is 81.4 Å². The molecule has 2 amide bonds. The first kappa shape index (κ1) is 21.4. The van der Waals surface area contributed by atoms with Gasteiger partial charge in [-0.25, -0.2) is 0 Å². The SMILES string of the molecule is CNC(=O)c1ccc([C@@H]2CCCCN2CC(=O)N(C)C2(C#N)CCCCC2)n1C. The third-order valence-corrected chi connectivity index (χ3v) is 6.82. The Balaban J connectivity index is 1.77. The molecule has 0 bridgehead atoms. The van der Waals surface area contributed by atoms with Gasteiger partial charge in [0, 0.05) is 26.8 Å². The van der Waals surface area contributed by atoms with Crippen LogP contribution in [0.4, 0.5) is 0 Å². The fourth-order valence-corrected chi connectivity index (χ4v) is 4.91. The molecule has 2 fully saturated rings. The van der Waals surface area contributed by atoms with Crippen molar-refractivity contribution in [2.75, 3.05) is 27.2 Å². The molecule has 1 aliphatic carbocycles. The maximum atomic E-state index is 13.2. The van der Waals surface area contributed by atoms with Gasteiger partial charge in [0.25, 0.3) is 5.91 Å². The fraction of sp³-hybridized carbons (Fsp3) is 0.682. The van der Waals surface area contributed by atoms with Gasteiger partial charge in [-0.3, -0.25) is 14.5 Å². The van der Waals surface area contributed by atoms with Gasteiger partial charge in [0.15, 0.2) is 0 Å². The van der Waals surface area contributed by atoms with Crippen molar-refractivity contribution >= 4 is 11.8 Å². The highest BCUT2D eigenvalue weighted by Crippen LogP contribution is 2.34. The molecule has 1 atom stereocenters. The summed E-state index contributed by atoms with van der Waals surface area (Å²) < 4.78 is 1.94. The molecule has 1 aromatic heterocycles. The number of piperidine rings is 1. The molecule has 3 rings (SSSR count). The van der Waals surface area contributed by atoms with Crippen molar-refractivity contribution in [1.82, 2.24) is 19.7 Å². The van der Waals surface area contributed by atoms with Crippen LogP contribution in [0.3, 0.4) is 0 Å². The molecule has 1 saturated carbocycles. The summed E-state index contributed by atoms with van der Waals surface area (Å²) in [6, 6.07) is 6.40. The van der Waals surface area contributed by atoms with Gasteiger partial charge in [-0.2, -0.15) is 5.26 Å². The first-order valence-electron chi connectivity index (χ1n) is 10.7. The standard InChI is InChI=1S/C22H33N5O2/c1-24-21(29)19-11-10-17(25(19)2)18-9-5-8-14-27(18)15-20(28)26(3)22(16-23)12-6-4-7-13-22/h10-11,18H,4-9,12-15H2,1-3H3,(H,24,29)/t18-/m0/s1. The van der Waals surface area contributed by atoms with Crippen LogP contribution in [0.1, 0.15) is 73.6 Å². The minimum atomic E-state index is -0.655. The number of carbonyl (C=O) groups is 2. The van der Waals surface area contributed by atoms with Gasteiger partial charge in [0.1, 0.15) is 11.2 Å². The summed E-state index contributed by atoms with van der Waals surface area (Å²) in [5.74, 6) is -0.0914. The number of nitrogens with one attached hydrogen (secondary N) is 1. The number of likely N-dealkylation sites (tertiary alicyclic amines) is 1. The molecule has 2 aliphatic rings. The number of amides is 2. The fourth-order valence-electron chi connectivity index (χ4n) is 4.91. The van der Waals surface area contributed by atoms with E-state index in [4.69, 9.17) is 0 Å². The number of likely N-dealkylation sites (N-methyl/N-ethyl adjacent to an activating group) is 1. The molecular formula is C22H33N5O2. The molecule has 0 radical (unpaired) electrons. The summed E-state index contributed by atoms with van der Waals surface area (Å²) in [6.45, 7) is 1.16. The molecule has 7 heteroatoms. The molecule has 158 valence electrons. The van der Waals surface area contributed by atoms with Gasteiger partial charge in [-0.05, 0) is 44.4 Å². The van der Waals surface area contributed by atoms with Gasteiger partial charge >= 0.3 is 0 Å². The van der Waals surface area contributed by atoms with Gasteiger partial charge < -0.3 is 14.8 Å². The zero-order valence-corrected chi connectivity index (χ0v) is 17.9. The Bertz CT molecular complexity index is 788. The predicted molar refractivity (Wildman–Crippen MR) is 111 cm³/mol. The maximum absolute atomic E-state index is 13.2. The van der Waals surface area contributed by atoms with E-state index in [1.54, 1.807) is 19.0 Å². The van der Waals surface area contributed by atoms with E-state index in [-0.39, 0.29) is 17.9 Å². The Kier molecular flexibility index (Phi) is 6.63. The maximum Gasteiger partial charge on any atom is 0.267 e. The Morgan fingerprint density at radius 1 is 1.24 bits per heavy atom. The van der Waals surface area contributed by atoms with Gasteiger partial charge in [-0.1, -0.05) is 25.7 Å². The van der Waals surface area contributed by atoms with Crippen LogP contribution in [0, 0.1) is 11.3 Å². The Morgan fingerprint density at radius 3 is 2.62 bits per heavy atom. The smallest absolute Gasteiger partial charge is 0.267 e. The highest BCUT2D eigenvalue weighted by Gasteiger charge is 2.40. The van der Waals surface area contributed by atoms with Crippen molar-refractivity contribution in [2.24, 2.45) is 7.05 Å². The number of nitrogens with zero attached hydrogens (tertiary/aromatic N) is 4. The molecule has 0 aromatic carbocycles. The molecule has 7 nitrogen and oxygen atoms in total. The normalized spacial score (nSPS) is 21.9. The third kappa shape index (κ3) is 4.18. The predicted octanol–water partition coefficient (Wildman–Crippen LogP) is 2.60. The molecule has 0 unspecified atom stereocenters. The zero-order chi connectivity index (χ0) is 21.0. The lowest BCUT2D eigenvalue weighted by Crippen LogP contribution is -2.53. The largest absolute Gasteiger partial charge is 0.354 e. The number of carbonyl (C=O) groups excluding carboxylic acids is 2. The molecule has 1 saturated heterocycles. The van der Waals surface area contributed by atoms with E-state index in [2.05, 4.69) is 16.3 Å². The second-order valence-corrected chi connectivity index (χ2v) is 8.42. The second-order valence-electron chi connectivity index (χ2n) is 8.42. The van der Waals surface area contributed by atoms with E-state index in [9.17, 15) is 14.9 Å². The van der Waals surface area contributed by atoms with E-state index >= 15 is 0 Å². The number of hydrogen-bond acceptors (Lipinski definition) is 4. The van der Waals surface area contributed by atoms with Crippen LogP contribution >= 0.6 is 0 Å². The third-order valence-electron chi connectivity index (χ3n) is 6.82. The Morgan fingerprint density at radius 2 is 1.97 bits per heavy atom. The number of rotatable bonds is 5. The Labute approximate surface area is 173 Å². The summed E-state index contributed by atoms with van der Waals surface area (Å²) in [5.41, 5.74) is 1.03. The van der Waals surface area contributed by atoms with E-state index in [0.717, 1.165) is 63.6 Å². The summed E-state index contributed by atoms with van der Waals surface area (Å²) in [7, 11) is 5.34. The first-order valence-corrected chi connectivity index (χ1v) is 10.7. The van der Waals surface area contributed by atoms with Crippen LogP contribution in [0.2, 0.25) is 0 Å². The number of aromatic nitrogens is 1. The molecular weight excluding hydrogens is 366 g/mol. The van der Waals surface area contributed by atoms with E-state index in [1.807, 2.05) is 23.7 Å². The number of hydrogen-bond donors (Lipinski definition) is 1. The van der Waals surface area contributed by atoms with Crippen molar-refractivity contribution in [3.05, 3.63) is 23.5 Å². The highest BCUT2D eigenvalue weighted by atomic mass is 16.2. The van der Waals surface area contributed by atoms with Crippen LogP contribution in [-0.2, 0) is 11.8 Å². The minimum absolute atomic E-state index is 0.0149. The van der Waals surface area contributed by atoms with Crippen LogP contribution in [0.15, 0.2) is 12.1 Å². The van der Waals surface area contributed by atoms with Crippen LogP contribution in [0.25, 0.3) is 0 Å². The highest BCUT2D eigenvalue weighted by molar-refractivity contribution is 5.92. The van der Waals surface area contributed by atoms with Crippen molar-refractivity contribution in [3.8, 4) is 6.07 Å². The van der Waals surface area contributed by atoms with Crippen LogP contribution in [-0.4, -0.2) is 58.9 Å². The molecule has 29 heavy (non-hydrogen) atoms. The van der Waals surface area contributed by atoms with Crippen LogP contribution < -0.4 is 5.32 Å². The zero-order valence-electron chi connectivity index (χ0n) is 17.9. The average Bonchev–Trinajstić information content (AvgIpc) is 3.14. The summed E-state index contributed by atoms with van der Waals surface area (Å²) >= 11 is 0.